The Hall–Kier alpha value is -1.43. The molecule has 22 heavy (non-hydrogen) atoms. The number of rotatable bonds is 3. The van der Waals surface area contributed by atoms with Gasteiger partial charge in [0.25, 0.3) is 5.56 Å². The van der Waals surface area contributed by atoms with Crippen molar-refractivity contribution in [1.82, 2.24) is 19.8 Å². The van der Waals surface area contributed by atoms with Crippen molar-refractivity contribution in [3.05, 3.63) is 39.4 Å². The average molecular weight is 321 g/mol. The van der Waals surface area contributed by atoms with Crippen LogP contribution in [0, 0.1) is 0 Å². The van der Waals surface area contributed by atoms with Crippen LogP contribution in [-0.2, 0) is 6.54 Å². The van der Waals surface area contributed by atoms with Crippen LogP contribution in [-0.4, -0.2) is 40.6 Å². The Morgan fingerprint density at radius 2 is 2.09 bits per heavy atom. The number of aromatic nitrogens is 2. The Bertz CT molecular complexity index is 737. The topological polar surface area (TPSA) is 50.2 Å². The molecule has 0 amide bonds. The van der Waals surface area contributed by atoms with Gasteiger partial charge in [0.05, 0.1) is 16.9 Å². The van der Waals surface area contributed by atoms with E-state index in [1.165, 1.54) is 0 Å². The standard InChI is InChI=1S/C16H21ClN4O/c1-3-21-15(11(2)20-8-6-18-7-9-20)19-14-5-4-12(17)10-13(14)16(21)22/h4-5,10-11,18H,3,6-9H2,1-2H3/t11-/m0/s1. The summed E-state index contributed by atoms with van der Waals surface area (Å²) in [5.74, 6) is 0.837. The largest absolute Gasteiger partial charge is 0.314 e. The molecule has 0 unspecified atom stereocenters. The fourth-order valence-corrected chi connectivity index (χ4v) is 3.24. The van der Waals surface area contributed by atoms with Gasteiger partial charge in [-0.3, -0.25) is 14.3 Å². The highest BCUT2D eigenvalue weighted by Crippen LogP contribution is 2.21. The third-order valence-electron chi connectivity index (χ3n) is 4.33. The fraction of sp³-hybridized carbons (Fsp3) is 0.500. The van der Waals surface area contributed by atoms with Crippen molar-refractivity contribution in [3.63, 3.8) is 0 Å². The summed E-state index contributed by atoms with van der Waals surface area (Å²) in [6, 6.07) is 5.44. The van der Waals surface area contributed by atoms with Crippen molar-refractivity contribution >= 4 is 22.5 Å². The summed E-state index contributed by atoms with van der Waals surface area (Å²) in [6.45, 7) is 8.61. The molecule has 0 bridgehead atoms. The van der Waals surface area contributed by atoms with Gasteiger partial charge in [0, 0.05) is 37.7 Å². The highest BCUT2D eigenvalue weighted by molar-refractivity contribution is 6.31. The van der Waals surface area contributed by atoms with Crippen molar-refractivity contribution in [2.24, 2.45) is 0 Å². The van der Waals surface area contributed by atoms with E-state index in [9.17, 15) is 4.79 Å². The van der Waals surface area contributed by atoms with E-state index >= 15 is 0 Å². The molecule has 0 aliphatic carbocycles. The first kappa shape index (κ1) is 15.5. The fourth-order valence-electron chi connectivity index (χ4n) is 3.07. The molecular weight excluding hydrogens is 300 g/mol. The minimum atomic E-state index is -0.00742. The van der Waals surface area contributed by atoms with Crippen LogP contribution in [0.5, 0.6) is 0 Å². The van der Waals surface area contributed by atoms with Crippen LogP contribution in [0.2, 0.25) is 5.02 Å². The first-order valence-corrected chi connectivity index (χ1v) is 8.14. The molecule has 2 aromatic rings. The van der Waals surface area contributed by atoms with Crippen molar-refractivity contribution in [2.45, 2.75) is 26.4 Å². The van der Waals surface area contributed by atoms with E-state index in [4.69, 9.17) is 16.6 Å². The summed E-state index contributed by atoms with van der Waals surface area (Å²) in [5.41, 5.74) is 0.711. The number of nitrogens with zero attached hydrogens (tertiary/aromatic N) is 3. The van der Waals surface area contributed by atoms with Gasteiger partial charge < -0.3 is 5.32 Å². The number of fused-ring (bicyclic) bond motifs is 1. The third kappa shape index (κ3) is 2.76. The van der Waals surface area contributed by atoms with E-state index in [1.54, 1.807) is 16.7 Å². The second-order valence-electron chi connectivity index (χ2n) is 5.64. The molecule has 2 heterocycles. The van der Waals surface area contributed by atoms with Crippen LogP contribution in [0.25, 0.3) is 10.9 Å². The number of hydrogen-bond acceptors (Lipinski definition) is 4. The van der Waals surface area contributed by atoms with Crippen molar-refractivity contribution in [2.75, 3.05) is 26.2 Å². The molecule has 1 aromatic carbocycles. The molecular formula is C16H21ClN4O. The predicted octanol–water partition coefficient (Wildman–Crippen LogP) is 2.04. The molecule has 3 rings (SSSR count). The minimum Gasteiger partial charge on any atom is -0.314 e. The lowest BCUT2D eigenvalue weighted by molar-refractivity contribution is 0.175. The monoisotopic (exact) mass is 320 g/mol. The molecule has 1 aromatic heterocycles. The van der Waals surface area contributed by atoms with Gasteiger partial charge in [-0.25, -0.2) is 4.98 Å². The molecule has 118 valence electrons. The van der Waals surface area contributed by atoms with Crippen LogP contribution in [0.15, 0.2) is 23.0 Å². The normalized spacial score (nSPS) is 17.8. The molecule has 1 fully saturated rings. The van der Waals surface area contributed by atoms with Crippen LogP contribution < -0.4 is 10.9 Å². The molecule has 1 saturated heterocycles. The van der Waals surface area contributed by atoms with Gasteiger partial charge in [-0.05, 0) is 32.0 Å². The zero-order valence-corrected chi connectivity index (χ0v) is 13.7. The Morgan fingerprint density at radius 3 is 2.77 bits per heavy atom. The second kappa shape index (κ2) is 6.36. The first-order valence-electron chi connectivity index (χ1n) is 7.76. The molecule has 0 radical (unpaired) electrons. The quantitative estimate of drug-likeness (QED) is 0.940. The maximum Gasteiger partial charge on any atom is 0.261 e. The highest BCUT2D eigenvalue weighted by atomic mass is 35.5. The average Bonchev–Trinajstić information content (AvgIpc) is 2.55. The maximum absolute atomic E-state index is 12.8. The molecule has 5 nitrogen and oxygen atoms in total. The lowest BCUT2D eigenvalue weighted by atomic mass is 10.2. The van der Waals surface area contributed by atoms with Gasteiger partial charge in [0.15, 0.2) is 0 Å². The predicted molar refractivity (Wildman–Crippen MR) is 89.5 cm³/mol. The van der Waals surface area contributed by atoms with E-state index in [0.29, 0.717) is 17.0 Å². The Morgan fingerprint density at radius 1 is 1.36 bits per heavy atom. The Balaban J connectivity index is 2.12. The van der Waals surface area contributed by atoms with E-state index in [-0.39, 0.29) is 11.6 Å². The number of halogens is 1. The lowest BCUT2D eigenvalue weighted by Gasteiger charge is -2.33. The van der Waals surface area contributed by atoms with E-state index in [2.05, 4.69) is 17.1 Å². The molecule has 1 N–H and O–H groups in total. The number of piperazine rings is 1. The summed E-state index contributed by atoms with van der Waals surface area (Å²) in [6.07, 6.45) is 0. The Kier molecular flexibility index (Phi) is 4.47. The van der Waals surface area contributed by atoms with E-state index < -0.39 is 0 Å². The van der Waals surface area contributed by atoms with Crippen molar-refractivity contribution in [3.8, 4) is 0 Å². The SMILES string of the molecule is CCn1c([C@H](C)N2CCNCC2)nc2ccc(Cl)cc2c1=O. The van der Waals surface area contributed by atoms with Crippen LogP contribution >= 0.6 is 11.6 Å². The van der Waals surface area contributed by atoms with Gasteiger partial charge in [0.2, 0.25) is 0 Å². The van der Waals surface area contributed by atoms with Crippen LogP contribution in [0.1, 0.15) is 25.7 Å². The van der Waals surface area contributed by atoms with Crippen LogP contribution in [0.4, 0.5) is 0 Å². The van der Waals surface area contributed by atoms with Crippen molar-refractivity contribution < 1.29 is 0 Å². The summed E-state index contributed by atoms with van der Waals surface area (Å²) in [7, 11) is 0. The molecule has 1 atom stereocenters. The molecule has 1 aliphatic rings. The van der Waals surface area contributed by atoms with Gasteiger partial charge in [-0.15, -0.1) is 0 Å². The van der Waals surface area contributed by atoms with Gasteiger partial charge >= 0.3 is 0 Å². The highest BCUT2D eigenvalue weighted by Gasteiger charge is 2.23. The van der Waals surface area contributed by atoms with Gasteiger partial charge in [0.1, 0.15) is 5.82 Å². The molecule has 1 aliphatic heterocycles. The third-order valence-corrected chi connectivity index (χ3v) is 4.57. The molecule has 0 saturated carbocycles. The van der Waals surface area contributed by atoms with Gasteiger partial charge in [-0.2, -0.15) is 0 Å². The Labute approximate surface area is 134 Å². The second-order valence-corrected chi connectivity index (χ2v) is 6.08. The van der Waals surface area contributed by atoms with E-state index in [1.807, 2.05) is 13.0 Å². The smallest absolute Gasteiger partial charge is 0.261 e. The van der Waals surface area contributed by atoms with Gasteiger partial charge in [-0.1, -0.05) is 11.6 Å². The number of nitrogens with one attached hydrogen (secondary N) is 1. The van der Waals surface area contributed by atoms with Crippen molar-refractivity contribution in [1.29, 1.82) is 0 Å². The van der Waals surface area contributed by atoms with Crippen LogP contribution in [0.3, 0.4) is 0 Å². The summed E-state index contributed by atoms with van der Waals surface area (Å²) < 4.78 is 1.77. The first-order chi connectivity index (χ1) is 10.6. The summed E-state index contributed by atoms with van der Waals surface area (Å²) >= 11 is 6.02. The number of benzene rings is 1. The van der Waals surface area contributed by atoms with E-state index in [0.717, 1.165) is 37.5 Å². The molecule has 6 heteroatoms. The zero-order valence-electron chi connectivity index (χ0n) is 13.0. The zero-order chi connectivity index (χ0) is 15.7. The summed E-state index contributed by atoms with van der Waals surface area (Å²) in [4.78, 5) is 19.9. The molecule has 0 spiro atoms. The maximum atomic E-state index is 12.8. The minimum absolute atomic E-state index is 0.00742. The number of hydrogen-bond donors (Lipinski definition) is 1. The summed E-state index contributed by atoms with van der Waals surface area (Å²) in [5, 5.41) is 4.51. The lowest BCUT2D eigenvalue weighted by Crippen LogP contribution is -2.45.